The summed E-state index contributed by atoms with van der Waals surface area (Å²) in [7, 11) is 0. The first-order valence-corrected chi connectivity index (χ1v) is 4.59. The fourth-order valence-electron chi connectivity index (χ4n) is 1.27. The molecular formula is C8H11Cl2N3O. The van der Waals surface area contributed by atoms with Crippen molar-refractivity contribution in [1.82, 2.24) is 15.5 Å². The van der Waals surface area contributed by atoms with Crippen molar-refractivity contribution >= 4 is 24.0 Å². The lowest BCUT2D eigenvalue weighted by Crippen LogP contribution is -2.20. The van der Waals surface area contributed by atoms with E-state index in [-0.39, 0.29) is 18.5 Å². The van der Waals surface area contributed by atoms with Crippen LogP contribution in [0.2, 0.25) is 5.15 Å². The summed E-state index contributed by atoms with van der Waals surface area (Å²) < 4.78 is 5.54. The highest BCUT2D eigenvalue weighted by atomic mass is 35.5. The number of nitrogens with one attached hydrogen (secondary N) is 1. The van der Waals surface area contributed by atoms with Crippen LogP contribution in [0, 0.1) is 0 Å². The third kappa shape index (κ3) is 2.97. The summed E-state index contributed by atoms with van der Waals surface area (Å²) in [6, 6.07) is 3.40. The van der Waals surface area contributed by atoms with Crippen molar-refractivity contribution in [2.45, 2.75) is 12.5 Å². The average molecular weight is 236 g/mol. The summed E-state index contributed by atoms with van der Waals surface area (Å²) in [4.78, 5) is 0. The summed E-state index contributed by atoms with van der Waals surface area (Å²) in [6.07, 6.45) is 1.24. The molecule has 0 saturated carbocycles. The van der Waals surface area contributed by atoms with E-state index < -0.39 is 0 Å². The van der Waals surface area contributed by atoms with Crippen molar-refractivity contribution in [2.75, 3.05) is 13.1 Å². The molecule has 1 N–H and O–H groups in total. The van der Waals surface area contributed by atoms with Gasteiger partial charge in [-0.3, -0.25) is 0 Å². The van der Waals surface area contributed by atoms with Crippen molar-refractivity contribution in [2.24, 2.45) is 0 Å². The zero-order valence-corrected chi connectivity index (χ0v) is 9.01. The highest BCUT2D eigenvalue weighted by Gasteiger charge is 2.16. The Morgan fingerprint density at radius 2 is 2.29 bits per heavy atom. The fraction of sp³-hybridized carbons (Fsp3) is 0.500. The van der Waals surface area contributed by atoms with Gasteiger partial charge >= 0.3 is 0 Å². The molecule has 0 radical (unpaired) electrons. The molecule has 2 heterocycles. The van der Waals surface area contributed by atoms with Crippen molar-refractivity contribution in [3.63, 3.8) is 0 Å². The maximum absolute atomic E-state index is 5.59. The first kappa shape index (κ1) is 11.5. The third-order valence-electron chi connectivity index (χ3n) is 1.91. The summed E-state index contributed by atoms with van der Waals surface area (Å²) in [6.45, 7) is 1.88. The van der Waals surface area contributed by atoms with E-state index in [0.717, 1.165) is 19.5 Å². The molecule has 1 aromatic heterocycles. The van der Waals surface area contributed by atoms with Gasteiger partial charge in [0, 0.05) is 12.6 Å². The van der Waals surface area contributed by atoms with E-state index in [1.807, 2.05) is 0 Å². The molecule has 0 aromatic carbocycles. The molecule has 0 spiro atoms. The second-order valence-corrected chi connectivity index (χ2v) is 3.31. The zero-order valence-electron chi connectivity index (χ0n) is 7.44. The molecule has 1 unspecified atom stereocenters. The molecule has 1 fully saturated rings. The second-order valence-electron chi connectivity index (χ2n) is 2.93. The van der Waals surface area contributed by atoms with Crippen molar-refractivity contribution in [3.05, 3.63) is 17.3 Å². The molecule has 4 nitrogen and oxygen atoms in total. The van der Waals surface area contributed by atoms with Crippen LogP contribution in [-0.2, 0) is 0 Å². The first-order valence-electron chi connectivity index (χ1n) is 4.21. The number of aromatic nitrogens is 2. The molecule has 14 heavy (non-hydrogen) atoms. The summed E-state index contributed by atoms with van der Waals surface area (Å²) in [5.74, 6) is 0.540. The number of rotatable bonds is 2. The molecular weight excluding hydrogens is 225 g/mol. The molecule has 1 aliphatic heterocycles. The lowest BCUT2D eigenvalue weighted by molar-refractivity contribution is 0.211. The van der Waals surface area contributed by atoms with Crippen LogP contribution in [0.25, 0.3) is 0 Å². The molecule has 1 aromatic rings. The summed E-state index contributed by atoms with van der Waals surface area (Å²) >= 11 is 5.59. The van der Waals surface area contributed by atoms with Gasteiger partial charge < -0.3 is 10.1 Å². The lowest BCUT2D eigenvalue weighted by atomic mass is 10.3. The zero-order chi connectivity index (χ0) is 9.10. The molecule has 78 valence electrons. The topological polar surface area (TPSA) is 47.0 Å². The van der Waals surface area contributed by atoms with Crippen LogP contribution in [0.4, 0.5) is 0 Å². The smallest absolute Gasteiger partial charge is 0.233 e. The van der Waals surface area contributed by atoms with Crippen LogP contribution >= 0.6 is 24.0 Å². The van der Waals surface area contributed by atoms with Gasteiger partial charge in [0.15, 0.2) is 5.15 Å². The Labute approximate surface area is 93.4 Å². The maximum Gasteiger partial charge on any atom is 0.233 e. The Balaban J connectivity index is 0.000000980. The van der Waals surface area contributed by atoms with Gasteiger partial charge in [0.25, 0.3) is 0 Å². The Hall–Kier alpha value is -0.580. The normalized spacial score (nSPS) is 20.2. The van der Waals surface area contributed by atoms with Crippen LogP contribution in [0.3, 0.4) is 0 Å². The molecule has 1 atom stereocenters. The van der Waals surface area contributed by atoms with Gasteiger partial charge in [-0.1, -0.05) is 11.6 Å². The summed E-state index contributed by atoms with van der Waals surface area (Å²) in [5.41, 5.74) is 0. The Morgan fingerprint density at radius 3 is 2.86 bits per heavy atom. The number of halogens is 2. The minimum absolute atomic E-state index is 0. The average Bonchev–Trinajstić information content (AvgIpc) is 2.62. The summed E-state index contributed by atoms with van der Waals surface area (Å²) in [5, 5.41) is 11.1. The molecule has 0 aliphatic carbocycles. The predicted octanol–water partition coefficient (Wildman–Crippen LogP) is 1.29. The van der Waals surface area contributed by atoms with E-state index in [1.165, 1.54) is 0 Å². The minimum Gasteiger partial charge on any atom is -0.472 e. The maximum atomic E-state index is 5.59. The molecule has 0 bridgehead atoms. The first-order chi connectivity index (χ1) is 6.34. The van der Waals surface area contributed by atoms with Gasteiger partial charge in [0.05, 0.1) is 0 Å². The molecule has 1 saturated heterocycles. The van der Waals surface area contributed by atoms with E-state index in [2.05, 4.69) is 15.5 Å². The number of hydrogen-bond acceptors (Lipinski definition) is 4. The molecule has 6 heteroatoms. The van der Waals surface area contributed by atoms with Crippen molar-refractivity contribution in [3.8, 4) is 5.88 Å². The Bertz CT molecular complexity index is 274. The monoisotopic (exact) mass is 235 g/mol. The minimum atomic E-state index is 0. The predicted molar refractivity (Wildman–Crippen MR) is 56.2 cm³/mol. The van der Waals surface area contributed by atoms with E-state index >= 15 is 0 Å². The molecule has 2 rings (SSSR count). The number of ether oxygens (including phenoxy) is 1. The van der Waals surface area contributed by atoms with Crippen LogP contribution in [-0.4, -0.2) is 29.4 Å². The van der Waals surface area contributed by atoms with E-state index in [1.54, 1.807) is 12.1 Å². The Morgan fingerprint density at radius 1 is 1.43 bits per heavy atom. The highest BCUT2D eigenvalue weighted by molar-refractivity contribution is 6.29. The van der Waals surface area contributed by atoms with Crippen molar-refractivity contribution < 1.29 is 4.74 Å². The van der Waals surface area contributed by atoms with Gasteiger partial charge in [0.1, 0.15) is 6.10 Å². The van der Waals surface area contributed by atoms with Crippen LogP contribution < -0.4 is 10.1 Å². The standard InChI is InChI=1S/C8H10ClN3O.ClH/c9-7-1-2-8(12-11-7)13-6-3-4-10-5-6;/h1-2,6,10H,3-5H2;1H. The number of nitrogens with zero attached hydrogens (tertiary/aromatic N) is 2. The SMILES string of the molecule is Cl.Clc1ccc(OC2CCNC2)nn1. The third-order valence-corrected chi connectivity index (χ3v) is 2.11. The van der Waals surface area contributed by atoms with E-state index in [9.17, 15) is 0 Å². The van der Waals surface area contributed by atoms with E-state index in [4.69, 9.17) is 16.3 Å². The molecule has 0 amide bonds. The van der Waals surface area contributed by atoms with E-state index in [0.29, 0.717) is 11.0 Å². The van der Waals surface area contributed by atoms with Gasteiger partial charge in [-0.25, -0.2) is 0 Å². The highest BCUT2D eigenvalue weighted by Crippen LogP contribution is 2.12. The van der Waals surface area contributed by atoms with Gasteiger partial charge in [0.2, 0.25) is 5.88 Å². The fourth-order valence-corrected chi connectivity index (χ4v) is 1.37. The number of hydrogen-bond donors (Lipinski definition) is 1. The van der Waals surface area contributed by atoms with Crippen LogP contribution in [0.1, 0.15) is 6.42 Å². The molecule has 1 aliphatic rings. The Kier molecular flexibility index (Phi) is 4.38. The van der Waals surface area contributed by atoms with Crippen LogP contribution in [0.5, 0.6) is 5.88 Å². The van der Waals surface area contributed by atoms with Crippen molar-refractivity contribution in [1.29, 1.82) is 0 Å². The van der Waals surface area contributed by atoms with Gasteiger partial charge in [-0.05, 0) is 19.0 Å². The largest absolute Gasteiger partial charge is 0.472 e. The quantitative estimate of drug-likeness (QED) is 0.840. The van der Waals surface area contributed by atoms with Gasteiger partial charge in [-0.15, -0.1) is 22.6 Å². The second kappa shape index (κ2) is 5.34. The lowest BCUT2D eigenvalue weighted by Gasteiger charge is -2.09. The van der Waals surface area contributed by atoms with Crippen LogP contribution in [0.15, 0.2) is 12.1 Å². The van der Waals surface area contributed by atoms with Gasteiger partial charge in [-0.2, -0.15) is 0 Å².